The number of nitrogens with zero attached hydrogens (tertiary/aromatic N) is 6. The molecule has 0 aliphatic carbocycles. The highest BCUT2D eigenvalue weighted by molar-refractivity contribution is 7.17. The molecule has 0 spiro atoms. The predicted molar refractivity (Wildman–Crippen MR) is 165 cm³/mol. The number of rotatable bonds is 6. The number of pyridine rings is 1. The number of hydrogen-bond donors (Lipinski definition) is 0. The summed E-state index contributed by atoms with van der Waals surface area (Å²) in [4.78, 5) is 26.8. The van der Waals surface area contributed by atoms with Gasteiger partial charge in [0.05, 0.1) is 42.5 Å². The molecule has 2 fully saturated rings. The summed E-state index contributed by atoms with van der Waals surface area (Å²) in [6.45, 7) is 8.37. The van der Waals surface area contributed by atoms with Gasteiger partial charge in [-0.3, -0.25) is 4.79 Å². The summed E-state index contributed by atoms with van der Waals surface area (Å²) >= 11 is 1.76. The van der Waals surface area contributed by atoms with Crippen molar-refractivity contribution in [2.45, 2.75) is 50.4 Å². The van der Waals surface area contributed by atoms with Crippen LogP contribution in [0.25, 0.3) is 10.1 Å². The SMILES string of the molecule is C=CC(=O)N1CC2COc3c(OC[C@@H]4CCCN4C)nc4c(c3N2C[C@@H]1CC#N)CCN(c1cccc2sccc12)C4. The van der Waals surface area contributed by atoms with Crippen LogP contribution in [0, 0.1) is 11.3 Å². The van der Waals surface area contributed by atoms with Crippen LogP contribution in [0.4, 0.5) is 11.4 Å². The lowest BCUT2D eigenvalue weighted by molar-refractivity contribution is -0.129. The van der Waals surface area contributed by atoms with Crippen LogP contribution in [0.2, 0.25) is 0 Å². The first-order chi connectivity index (χ1) is 20.6. The third-order valence-corrected chi connectivity index (χ3v) is 10.2. The van der Waals surface area contributed by atoms with E-state index in [2.05, 4.69) is 64.0 Å². The van der Waals surface area contributed by atoms with Gasteiger partial charge in [0.1, 0.15) is 13.2 Å². The van der Waals surface area contributed by atoms with Crippen LogP contribution in [-0.2, 0) is 17.8 Å². The summed E-state index contributed by atoms with van der Waals surface area (Å²) in [7, 11) is 2.15. The summed E-state index contributed by atoms with van der Waals surface area (Å²) in [6.07, 6.45) is 4.72. The second-order valence-corrected chi connectivity index (χ2v) is 12.7. The Morgan fingerprint density at radius 2 is 2.19 bits per heavy atom. The number of ether oxygens (including phenoxy) is 2. The van der Waals surface area contributed by atoms with Crippen LogP contribution in [0.5, 0.6) is 11.6 Å². The predicted octanol–water partition coefficient (Wildman–Crippen LogP) is 4.21. The minimum Gasteiger partial charge on any atom is -0.484 e. The van der Waals surface area contributed by atoms with Gasteiger partial charge in [-0.05, 0) is 62.5 Å². The first-order valence-electron chi connectivity index (χ1n) is 14.8. The van der Waals surface area contributed by atoms with Crippen molar-refractivity contribution in [1.82, 2.24) is 14.8 Å². The fraction of sp³-hybridized carbons (Fsp3) is 0.469. The van der Waals surface area contributed by atoms with Crippen LogP contribution in [0.1, 0.15) is 30.5 Å². The van der Waals surface area contributed by atoms with Gasteiger partial charge in [0, 0.05) is 47.0 Å². The van der Waals surface area contributed by atoms with E-state index in [1.54, 1.807) is 16.2 Å². The number of carbonyl (C=O) groups excluding carboxylic acids is 1. The Labute approximate surface area is 250 Å². The van der Waals surface area contributed by atoms with Crippen LogP contribution in [0.15, 0.2) is 42.3 Å². The van der Waals surface area contributed by atoms with E-state index < -0.39 is 0 Å². The van der Waals surface area contributed by atoms with E-state index in [4.69, 9.17) is 14.5 Å². The Balaban J connectivity index is 1.27. The molecule has 3 atom stereocenters. The van der Waals surface area contributed by atoms with Crippen LogP contribution in [-0.4, -0.2) is 85.3 Å². The summed E-state index contributed by atoms with van der Waals surface area (Å²) in [5.74, 6) is 1.12. The average molecular weight is 585 g/mol. The second-order valence-electron chi connectivity index (χ2n) is 11.7. The van der Waals surface area contributed by atoms with Gasteiger partial charge in [-0.1, -0.05) is 12.6 Å². The monoisotopic (exact) mass is 584 g/mol. The molecule has 4 aliphatic heterocycles. The lowest BCUT2D eigenvalue weighted by Crippen LogP contribution is -2.62. The van der Waals surface area contributed by atoms with Crippen LogP contribution >= 0.6 is 11.3 Å². The quantitative estimate of drug-likeness (QED) is 0.399. The minimum atomic E-state index is -0.223. The third kappa shape index (κ3) is 4.65. The highest BCUT2D eigenvalue weighted by atomic mass is 32.1. The van der Waals surface area contributed by atoms with Crippen molar-refractivity contribution in [3.8, 4) is 17.7 Å². The van der Waals surface area contributed by atoms with E-state index in [0.717, 1.165) is 37.3 Å². The van der Waals surface area contributed by atoms with Gasteiger partial charge < -0.3 is 29.1 Å². The molecule has 9 nitrogen and oxygen atoms in total. The Hall–Kier alpha value is -3.81. The molecule has 0 saturated carbocycles. The molecule has 1 unspecified atom stereocenters. The third-order valence-electron chi connectivity index (χ3n) is 9.34. The molecule has 2 aromatic heterocycles. The zero-order chi connectivity index (χ0) is 28.8. The molecule has 3 aromatic rings. The Morgan fingerprint density at radius 1 is 1.29 bits per heavy atom. The molecule has 42 heavy (non-hydrogen) atoms. The number of thiophene rings is 1. The van der Waals surface area contributed by atoms with Gasteiger partial charge >= 0.3 is 0 Å². The number of carbonyl (C=O) groups is 1. The number of aromatic nitrogens is 1. The summed E-state index contributed by atoms with van der Waals surface area (Å²) in [6, 6.07) is 11.1. The van der Waals surface area contributed by atoms with E-state index in [9.17, 15) is 10.1 Å². The summed E-state index contributed by atoms with van der Waals surface area (Å²) in [5.41, 5.74) is 4.46. The van der Waals surface area contributed by atoms with E-state index in [1.807, 2.05) is 0 Å². The molecule has 1 amide bonds. The number of benzene rings is 1. The van der Waals surface area contributed by atoms with Crippen molar-refractivity contribution in [3.63, 3.8) is 0 Å². The number of amides is 1. The van der Waals surface area contributed by atoms with Crippen molar-refractivity contribution < 1.29 is 14.3 Å². The number of fused-ring (bicyclic) bond motifs is 6. The number of anilines is 2. The fourth-order valence-electron chi connectivity index (χ4n) is 7.08. The zero-order valence-electron chi connectivity index (χ0n) is 24.0. The molecule has 2 saturated heterocycles. The van der Waals surface area contributed by atoms with Crippen molar-refractivity contribution >= 4 is 38.7 Å². The number of piperazine rings is 1. The van der Waals surface area contributed by atoms with Gasteiger partial charge in [0.2, 0.25) is 11.7 Å². The summed E-state index contributed by atoms with van der Waals surface area (Å²) in [5, 5.41) is 13.0. The smallest absolute Gasteiger partial charge is 0.259 e. The Bertz CT molecular complexity index is 1570. The molecule has 7 rings (SSSR count). The van der Waals surface area contributed by atoms with Gasteiger partial charge in [0.25, 0.3) is 5.88 Å². The Morgan fingerprint density at radius 3 is 3.00 bits per heavy atom. The lowest BCUT2D eigenvalue weighted by Gasteiger charge is -2.50. The maximum Gasteiger partial charge on any atom is 0.259 e. The largest absolute Gasteiger partial charge is 0.484 e. The van der Waals surface area contributed by atoms with Crippen molar-refractivity contribution in [2.75, 3.05) is 56.2 Å². The molecule has 1 aromatic carbocycles. The molecule has 10 heteroatoms. The van der Waals surface area contributed by atoms with E-state index >= 15 is 0 Å². The first-order valence-corrected chi connectivity index (χ1v) is 15.7. The molecule has 4 aliphatic rings. The van der Waals surface area contributed by atoms with Crippen LogP contribution < -0.4 is 19.3 Å². The Kier molecular flexibility index (Phi) is 7.16. The molecule has 0 N–H and O–H groups in total. The maximum absolute atomic E-state index is 12.7. The minimum absolute atomic E-state index is 0.0192. The topological polar surface area (TPSA) is 85.2 Å². The number of likely N-dealkylation sites (N-methyl/N-ethyl adjacent to an activating group) is 1. The first kappa shape index (κ1) is 27.0. The number of likely N-dealkylation sites (tertiary alicyclic amines) is 1. The number of nitriles is 1. The fourth-order valence-corrected chi connectivity index (χ4v) is 7.89. The normalized spacial score (nSPS) is 23.5. The van der Waals surface area contributed by atoms with Crippen LogP contribution in [0.3, 0.4) is 0 Å². The lowest BCUT2D eigenvalue weighted by atomic mass is 9.95. The summed E-state index contributed by atoms with van der Waals surface area (Å²) < 4.78 is 14.3. The number of hydrogen-bond acceptors (Lipinski definition) is 9. The van der Waals surface area contributed by atoms with E-state index in [0.29, 0.717) is 50.5 Å². The van der Waals surface area contributed by atoms with Gasteiger partial charge in [-0.2, -0.15) is 5.26 Å². The van der Waals surface area contributed by atoms with E-state index in [-0.39, 0.29) is 24.4 Å². The van der Waals surface area contributed by atoms with Crippen molar-refractivity contribution in [3.05, 3.63) is 53.6 Å². The van der Waals surface area contributed by atoms with Gasteiger partial charge in [-0.25, -0.2) is 4.98 Å². The maximum atomic E-state index is 12.7. The van der Waals surface area contributed by atoms with Crippen molar-refractivity contribution in [2.24, 2.45) is 0 Å². The molecule has 6 heterocycles. The standard InChI is InChI=1S/C32H36N6O3S/c1-3-29(39)37-17-23-20-40-31-30(38(23)16-21(37)9-12-33)24-10-14-36(27-7-4-8-28-25(27)11-15-42-28)18-26(24)34-32(31)41-19-22-6-5-13-35(22)2/h3-4,7-8,11,15,21-23H,1,5-6,9-10,13-14,16-20H2,2H3/t21-,22-,23?/m0/s1. The van der Waals surface area contributed by atoms with Gasteiger partial charge in [-0.15, -0.1) is 11.3 Å². The molecule has 0 radical (unpaired) electrons. The van der Waals surface area contributed by atoms with Crippen molar-refractivity contribution in [1.29, 1.82) is 5.26 Å². The molecule has 0 bridgehead atoms. The molecule has 218 valence electrons. The van der Waals surface area contributed by atoms with Gasteiger partial charge in [0.15, 0.2) is 0 Å². The average Bonchev–Trinajstić information content (AvgIpc) is 3.67. The highest BCUT2D eigenvalue weighted by Gasteiger charge is 2.43. The zero-order valence-corrected chi connectivity index (χ0v) is 24.8. The van der Waals surface area contributed by atoms with E-state index in [1.165, 1.54) is 33.8 Å². The molecular formula is C32H36N6O3S. The highest BCUT2D eigenvalue weighted by Crippen LogP contribution is 2.47. The second kappa shape index (κ2) is 11.1. The molecular weight excluding hydrogens is 548 g/mol.